The predicted octanol–water partition coefficient (Wildman–Crippen LogP) is -5.80. The molecule has 14 atom stereocenters. The molecule has 1 aliphatic rings. The molecule has 91 heavy (non-hydrogen) atoms. The van der Waals surface area contributed by atoms with Crippen molar-refractivity contribution >= 4 is 101 Å². The van der Waals surface area contributed by atoms with E-state index in [1.54, 1.807) is 44.2 Å². The lowest BCUT2D eigenvalue weighted by Crippen LogP contribution is -2.62. The summed E-state index contributed by atoms with van der Waals surface area (Å²) in [6.45, 7) is 7.94. The highest BCUT2D eigenvalue weighted by molar-refractivity contribution is 7.80. The molecular weight excluding hydrogens is 1220 g/mol. The van der Waals surface area contributed by atoms with Crippen molar-refractivity contribution in [2.24, 2.45) is 17.4 Å². The molecule has 0 unspecified atom stereocenters. The Balaban J connectivity index is 2.30. The monoisotopic (exact) mass is 1310 g/mol. The molecule has 11 amide bonds. The third kappa shape index (κ3) is 26.8. The number of thiol groups is 1. The number of nitrogens with two attached hydrogens (primary N) is 2. The first-order chi connectivity index (χ1) is 42.6. The maximum atomic E-state index is 14.2. The van der Waals surface area contributed by atoms with Crippen LogP contribution in [0, 0.1) is 5.92 Å². The maximum absolute atomic E-state index is 14.2. The molecule has 508 valence electrons. The third-order valence-corrected chi connectivity index (χ3v) is 14.7. The van der Waals surface area contributed by atoms with Crippen LogP contribution in [0.1, 0.15) is 111 Å². The van der Waals surface area contributed by atoms with Crippen LogP contribution >= 0.6 is 12.6 Å². The molecule has 1 aromatic rings. The Morgan fingerprint density at radius 2 is 1.00 bits per heavy atom. The fourth-order valence-corrected chi connectivity index (χ4v) is 9.34. The van der Waals surface area contributed by atoms with Gasteiger partial charge in [-0.25, -0.2) is 4.79 Å². The van der Waals surface area contributed by atoms with Crippen molar-refractivity contribution in [3.8, 4) is 0 Å². The molecule has 0 aliphatic carbocycles. The number of rotatable bonds is 40. The number of carboxylic acids is 4. The summed E-state index contributed by atoms with van der Waals surface area (Å²) in [7, 11) is 0. The Hall–Kier alpha value is -8.54. The number of aliphatic carboxylic acids is 4. The van der Waals surface area contributed by atoms with Crippen molar-refractivity contribution in [1.82, 2.24) is 58.1 Å². The number of hydrogen-bond acceptors (Lipinski definition) is 20. The van der Waals surface area contributed by atoms with Gasteiger partial charge in [0.2, 0.25) is 65.0 Å². The number of hydrogen-bond donors (Lipinski definition) is 19. The quantitative estimate of drug-likeness (QED) is 0.0215. The zero-order valence-corrected chi connectivity index (χ0v) is 52.2. The Morgan fingerprint density at radius 3 is 1.53 bits per heavy atom. The third-order valence-electron chi connectivity index (χ3n) is 14.3. The Bertz CT molecular complexity index is 2740. The Labute approximate surface area is 529 Å². The number of aliphatic hydroxyl groups is 2. The minimum atomic E-state index is -1.88. The fraction of sp³-hybridized carbons (Fsp3) is 0.625. The number of carbonyl (C=O) groups excluding carboxylic acids is 11. The molecule has 0 aromatic heterocycles. The van der Waals surface area contributed by atoms with Gasteiger partial charge >= 0.3 is 23.9 Å². The first-order valence-corrected chi connectivity index (χ1v) is 30.0. The van der Waals surface area contributed by atoms with Gasteiger partial charge in [-0.3, -0.25) is 67.1 Å². The zero-order valence-electron chi connectivity index (χ0n) is 51.3. The normalized spacial score (nSPS) is 17.1. The summed E-state index contributed by atoms with van der Waals surface area (Å²) in [6.07, 6.45) is -5.62. The van der Waals surface area contributed by atoms with Gasteiger partial charge in [0.05, 0.1) is 24.7 Å². The van der Waals surface area contributed by atoms with E-state index in [0.717, 1.165) is 18.7 Å². The van der Waals surface area contributed by atoms with Crippen molar-refractivity contribution in [1.29, 1.82) is 0 Å². The smallest absolute Gasteiger partial charge is 0.328 e. The lowest BCUT2D eigenvalue weighted by atomic mass is 10.0. The van der Waals surface area contributed by atoms with Crippen molar-refractivity contribution in [2.75, 3.05) is 18.8 Å². The molecule has 20 N–H and O–H groups in total. The van der Waals surface area contributed by atoms with Crippen LogP contribution < -0.4 is 64.6 Å². The number of unbranched alkanes of at least 4 members (excludes halogenated alkanes) is 1. The average molecular weight is 1310 g/mol. The molecule has 0 saturated carbocycles. The van der Waals surface area contributed by atoms with E-state index in [-0.39, 0.29) is 32.2 Å². The molecule has 1 fully saturated rings. The molecule has 0 bridgehead atoms. The second-order valence-electron chi connectivity index (χ2n) is 22.2. The van der Waals surface area contributed by atoms with E-state index >= 15 is 0 Å². The van der Waals surface area contributed by atoms with E-state index in [9.17, 15) is 103 Å². The van der Waals surface area contributed by atoms with E-state index in [2.05, 4.69) is 60.5 Å². The van der Waals surface area contributed by atoms with Crippen molar-refractivity contribution < 1.29 is 103 Å². The molecule has 1 saturated heterocycles. The Morgan fingerprint density at radius 1 is 0.527 bits per heavy atom. The predicted molar refractivity (Wildman–Crippen MR) is 322 cm³/mol. The summed E-state index contributed by atoms with van der Waals surface area (Å²) >= 11 is 4.17. The summed E-state index contributed by atoms with van der Waals surface area (Å²) < 4.78 is 0. The maximum Gasteiger partial charge on any atom is 0.328 e. The molecule has 35 heteroatoms. The van der Waals surface area contributed by atoms with Crippen LogP contribution in [0.15, 0.2) is 30.3 Å². The summed E-state index contributed by atoms with van der Waals surface area (Å²) in [6, 6.07) is -10.6. The second-order valence-corrected chi connectivity index (χ2v) is 22.6. The van der Waals surface area contributed by atoms with Crippen molar-refractivity contribution in [3.05, 3.63) is 35.9 Å². The minimum absolute atomic E-state index is 0.0466. The summed E-state index contributed by atoms with van der Waals surface area (Å²) in [4.78, 5) is 198. The van der Waals surface area contributed by atoms with Crippen molar-refractivity contribution in [3.63, 3.8) is 0 Å². The zero-order chi connectivity index (χ0) is 69.0. The molecule has 34 nitrogen and oxygen atoms in total. The van der Waals surface area contributed by atoms with Crippen LogP contribution in [0.25, 0.3) is 0 Å². The van der Waals surface area contributed by atoms with Crippen LogP contribution in [0.5, 0.6) is 0 Å². The highest BCUT2D eigenvalue weighted by atomic mass is 32.1. The van der Waals surface area contributed by atoms with Gasteiger partial charge in [-0.2, -0.15) is 12.6 Å². The number of nitrogens with zero attached hydrogens (tertiary/aromatic N) is 1. The van der Waals surface area contributed by atoms with Crippen LogP contribution in [-0.2, 0) is 78.3 Å². The fourth-order valence-electron chi connectivity index (χ4n) is 9.08. The van der Waals surface area contributed by atoms with Crippen LogP contribution in [0.2, 0.25) is 0 Å². The number of likely N-dealkylation sites (tertiary alicyclic amines) is 1. The van der Waals surface area contributed by atoms with Gasteiger partial charge in [0.15, 0.2) is 6.04 Å². The van der Waals surface area contributed by atoms with Gasteiger partial charge in [-0.15, -0.1) is 0 Å². The largest absolute Gasteiger partial charge is 0.481 e. The molecule has 2 rings (SSSR count). The van der Waals surface area contributed by atoms with Crippen molar-refractivity contribution in [2.45, 2.75) is 197 Å². The summed E-state index contributed by atoms with van der Waals surface area (Å²) in [5, 5.41) is 81.9. The first kappa shape index (κ1) is 78.6. The average Bonchev–Trinajstić information content (AvgIpc) is 1.84. The van der Waals surface area contributed by atoms with Gasteiger partial charge in [-0.1, -0.05) is 50.6 Å². The van der Waals surface area contributed by atoms with Gasteiger partial charge < -0.3 is 100 Å². The Kier molecular flexibility index (Phi) is 33.6. The van der Waals surface area contributed by atoms with E-state index in [0.29, 0.717) is 24.9 Å². The van der Waals surface area contributed by atoms with E-state index in [4.69, 9.17) is 11.5 Å². The van der Waals surface area contributed by atoms with Gasteiger partial charge in [0.25, 0.3) is 0 Å². The lowest BCUT2D eigenvalue weighted by molar-refractivity contribution is -0.146. The van der Waals surface area contributed by atoms with Gasteiger partial charge in [-0.05, 0) is 84.2 Å². The molecule has 0 spiro atoms. The number of benzene rings is 1. The summed E-state index contributed by atoms with van der Waals surface area (Å²) in [5.41, 5.74) is 11.9. The SMILES string of the molecule is CC(C)[C@H](NC(=O)[C@H](C)NC(=O)[C@H](CC(=O)O)NC(=O)[C@@H](N)CCCCN)C(=O)N[C@@H](C)C(=O)N[C@@H](Cc1ccccc1)C(=O)N[C@H](C(=O)N[C@@H](CS)C(=O)N[C@@H](CCC(=O)O)C(=O)N1CCC[C@H]1C(=O)N[C@@H](CCC(=O)O)C(=O)N[C@H](C(=O)O)[C@@H](C)O)[C@@H](C)O. The molecule has 1 aliphatic heterocycles. The topological polar surface area (TPSA) is 553 Å². The number of carboxylic acid groups (broad SMARTS) is 4. The molecular formula is C56H87N13O21S. The van der Waals surface area contributed by atoms with E-state index < -0.39 is 217 Å². The van der Waals surface area contributed by atoms with E-state index in [1.807, 2.05) is 5.32 Å². The molecule has 1 aromatic carbocycles. The second kappa shape index (κ2) is 38.9. The van der Waals surface area contributed by atoms with Crippen LogP contribution in [0.3, 0.4) is 0 Å². The highest BCUT2D eigenvalue weighted by Crippen LogP contribution is 2.21. The van der Waals surface area contributed by atoms with Crippen LogP contribution in [-0.4, -0.2) is 228 Å². The van der Waals surface area contributed by atoms with Gasteiger partial charge in [0, 0.05) is 31.6 Å². The molecule has 0 radical (unpaired) electrons. The van der Waals surface area contributed by atoms with Crippen LogP contribution in [0.4, 0.5) is 0 Å². The molecule has 1 heterocycles. The highest BCUT2D eigenvalue weighted by Gasteiger charge is 2.41. The van der Waals surface area contributed by atoms with E-state index in [1.165, 1.54) is 13.8 Å². The number of carbonyl (C=O) groups is 15. The standard InChI is InChI=1S/C56H87N13O21S/c1-26(2)42(66-46(79)28(4)59-49(82)36(24-41(76)77)64-47(80)32(58)15-10-11-21-57)53(86)60-27(3)45(78)63-35(23-31-13-8-7-9-14-31)50(83)67-43(29(5)70)54(87)65-37(25-91)51(84)62-34(18-20-40(74)75)55(88)69-22-12-16-38(69)52(85)61-33(17-19-39(72)73)48(81)68-44(30(6)71)56(89)90/h7-9,13-14,26-30,32-38,42-44,70-71,91H,10-12,15-25,57-58H2,1-6H3,(H,59,82)(H,60,86)(H,61,85)(H,62,84)(H,63,78)(H,64,80)(H,65,87)(H,66,79)(H,67,83)(H,68,81)(H,72,73)(H,74,75)(H,76,77)(H,89,90)/t27-,28-,29+,30+,32-,33-,34-,35-,36-,37-,38-,42-,43-,44-/m0/s1. The minimum Gasteiger partial charge on any atom is -0.481 e. The number of nitrogens with one attached hydrogen (secondary N) is 10. The van der Waals surface area contributed by atoms with Gasteiger partial charge in [0.1, 0.15) is 60.4 Å². The first-order valence-electron chi connectivity index (χ1n) is 29.3. The lowest BCUT2D eigenvalue weighted by Gasteiger charge is -2.31. The number of amides is 11. The number of aliphatic hydroxyl groups excluding tert-OH is 2. The summed E-state index contributed by atoms with van der Waals surface area (Å²) in [5.74, 6) is -18.3.